The molecule has 0 spiro atoms. The first-order chi connectivity index (χ1) is 11.3. The molecule has 0 amide bonds. The summed E-state index contributed by atoms with van der Waals surface area (Å²) < 4.78 is 5.69. The van der Waals surface area contributed by atoms with E-state index in [0.717, 1.165) is 47.6 Å². The number of hydrogen-bond donors (Lipinski definition) is 2. The third-order valence-corrected chi connectivity index (χ3v) is 4.66. The summed E-state index contributed by atoms with van der Waals surface area (Å²) in [5.74, 6) is 1.22. The molecule has 7 nitrogen and oxygen atoms in total. The molecular formula is C16H16N6O. The Balaban J connectivity index is 1.65. The Kier molecular flexibility index (Phi) is 2.60. The summed E-state index contributed by atoms with van der Waals surface area (Å²) in [7, 11) is 0. The van der Waals surface area contributed by atoms with Gasteiger partial charge in [0, 0.05) is 23.7 Å². The number of nitrogen functional groups attached to an aromatic ring is 1. The highest BCUT2D eigenvalue weighted by molar-refractivity contribution is 5.93. The summed E-state index contributed by atoms with van der Waals surface area (Å²) in [6.07, 6.45) is 3.19. The number of ether oxygens (including phenoxy) is 1. The van der Waals surface area contributed by atoms with Crippen molar-refractivity contribution in [2.24, 2.45) is 0 Å². The number of morpholine rings is 1. The van der Waals surface area contributed by atoms with Crippen LogP contribution < -0.4 is 10.6 Å². The maximum Gasteiger partial charge on any atom is 0.222 e. The average molecular weight is 308 g/mol. The highest BCUT2D eigenvalue weighted by Gasteiger charge is 2.40. The molecule has 2 aliphatic rings. The van der Waals surface area contributed by atoms with Gasteiger partial charge in [-0.1, -0.05) is 6.07 Å². The maximum atomic E-state index is 5.96. The Hall–Kier alpha value is -2.67. The van der Waals surface area contributed by atoms with E-state index in [1.807, 2.05) is 18.2 Å². The fourth-order valence-electron chi connectivity index (χ4n) is 3.59. The monoisotopic (exact) mass is 308 g/mol. The zero-order valence-electron chi connectivity index (χ0n) is 12.4. The Bertz CT molecular complexity index is 878. The summed E-state index contributed by atoms with van der Waals surface area (Å²) in [5.41, 5.74) is 8.70. The molecule has 2 unspecified atom stereocenters. The second-order valence-electron chi connectivity index (χ2n) is 6.09. The summed E-state index contributed by atoms with van der Waals surface area (Å²) in [6.45, 7) is 1.64. The molecule has 0 radical (unpaired) electrons. The van der Waals surface area contributed by atoms with Crippen LogP contribution in [-0.2, 0) is 4.74 Å². The van der Waals surface area contributed by atoms with Gasteiger partial charge in [0.25, 0.3) is 0 Å². The lowest BCUT2D eigenvalue weighted by Gasteiger charge is -2.28. The van der Waals surface area contributed by atoms with Crippen molar-refractivity contribution >= 4 is 22.7 Å². The third-order valence-electron chi connectivity index (χ3n) is 4.66. The number of aromatic amines is 1. The fraction of sp³-hybridized carbons (Fsp3) is 0.312. The van der Waals surface area contributed by atoms with Gasteiger partial charge in [-0.2, -0.15) is 10.1 Å². The minimum atomic E-state index is 0.301. The van der Waals surface area contributed by atoms with Crippen LogP contribution in [0.3, 0.4) is 0 Å². The molecule has 2 aliphatic heterocycles. The summed E-state index contributed by atoms with van der Waals surface area (Å²) in [6, 6.07) is 8.44. The first-order valence-electron chi connectivity index (χ1n) is 7.73. The van der Waals surface area contributed by atoms with Crippen LogP contribution in [0.2, 0.25) is 0 Å². The summed E-state index contributed by atoms with van der Waals surface area (Å²) in [5, 5.41) is 8.07. The zero-order valence-corrected chi connectivity index (χ0v) is 12.4. The molecule has 7 heteroatoms. The quantitative estimate of drug-likeness (QED) is 0.746. The van der Waals surface area contributed by atoms with Gasteiger partial charge in [-0.05, 0) is 24.6 Å². The first kappa shape index (κ1) is 12.8. The second kappa shape index (κ2) is 4.66. The van der Waals surface area contributed by atoms with Crippen molar-refractivity contribution in [1.29, 1.82) is 0 Å². The third kappa shape index (κ3) is 1.97. The van der Waals surface area contributed by atoms with E-state index in [0.29, 0.717) is 18.1 Å². The lowest BCUT2D eigenvalue weighted by molar-refractivity contribution is 0.0990. The molecule has 2 bridgehead atoms. The van der Waals surface area contributed by atoms with Crippen molar-refractivity contribution in [3.63, 3.8) is 0 Å². The zero-order chi connectivity index (χ0) is 15.4. The molecule has 1 aromatic carbocycles. The van der Waals surface area contributed by atoms with Crippen molar-refractivity contribution in [2.45, 2.75) is 18.6 Å². The number of fused-ring (bicyclic) bond motifs is 3. The minimum Gasteiger partial charge on any atom is -0.374 e. The molecular weight excluding hydrogens is 292 g/mol. The smallest absolute Gasteiger partial charge is 0.222 e. The van der Waals surface area contributed by atoms with Crippen LogP contribution in [0.25, 0.3) is 22.2 Å². The standard InChI is InChI=1S/C16H16N6O/c17-16-19-14-5-9(13-3-4-18-21-13)1-2-12(14)15(20-16)22-7-11-6-10(22)8-23-11/h1-5,10-11H,6-8H2,(H,18,21)(H2,17,19,20). The van der Waals surface area contributed by atoms with E-state index >= 15 is 0 Å². The van der Waals surface area contributed by atoms with Gasteiger partial charge < -0.3 is 15.4 Å². The lowest BCUT2D eigenvalue weighted by Crippen LogP contribution is -2.37. The predicted molar refractivity (Wildman–Crippen MR) is 87.0 cm³/mol. The van der Waals surface area contributed by atoms with E-state index < -0.39 is 0 Å². The molecule has 116 valence electrons. The number of nitrogens with zero attached hydrogens (tertiary/aromatic N) is 4. The van der Waals surface area contributed by atoms with Crippen LogP contribution in [0.4, 0.5) is 11.8 Å². The van der Waals surface area contributed by atoms with Crippen molar-refractivity contribution in [2.75, 3.05) is 23.8 Å². The predicted octanol–water partition coefficient (Wildman–Crippen LogP) is 1.58. The Morgan fingerprint density at radius 1 is 1.26 bits per heavy atom. The van der Waals surface area contributed by atoms with Crippen LogP contribution >= 0.6 is 0 Å². The molecule has 2 saturated heterocycles. The number of benzene rings is 1. The number of anilines is 2. The van der Waals surface area contributed by atoms with Crippen LogP contribution in [0.5, 0.6) is 0 Å². The average Bonchev–Trinajstić information content (AvgIpc) is 3.30. The van der Waals surface area contributed by atoms with Crippen LogP contribution in [0.1, 0.15) is 6.42 Å². The number of rotatable bonds is 2. The number of nitrogens with one attached hydrogen (secondary N) is 1. The van der Waals surface area contributed by atoms with E-state index in [1.54, 1.807) is 6.20 Å². The highest BCUT2D eigenvalue weighted by Crippen LogP contribution is 2.36. The van der Waals surface area contributed by atoms with Gasteiger partial charge in [0.2, 0.25) is 5.95 Å². The SMILES string of the molecule is Nc1nc(N2CC3CC2CO3)c2ccc(-c3cc[nH]n3)cc2n1. The number of H-pyrrole nitrogens is 1. The number of aromatic nitrogens is 4. The lowest BCUT2D eigenvalue weighted by atomic mass is 10.1. The topological polar surface area (TPSA) is 92.9 Å². The van der Waals surface area contributed by atoms with Crippen molar-refractivity contribution in [1.82, 2.24) is 20.2 Å². The molecule has 2 aromatic heterocycles. The fourth-order valence-corrected chi connectivity index (χ4v) is 3.59. The van der Waals surface area contributed by atoms with Gasteiger partial charge >= 0.3 is 0 Å². The van der Waals surface area contributed by atoms with Crippen LogP contribution in [-0.4, -0.2) is 45.5 Å². The van der Waals surface area contributed by atoms with Crippen LogP contribution in [0.15, 0.2) is 30.5 Å². The number of nitrogens with two attached hydrogens (primary N) is 1. The van der Waals surface area contributed by atoms with E-state index in [4.69, 9.17) is 10.5 Å². The first-order valence-corrected chi connectivity index (χ1v) is 7.73. The van der Waals surface area contributed by atoms with Gasteiger partial charge in [0.1, 0.15) is 5.82 Å². The molecule has 4 heterocycles. The molecule has 2 atom stereocenters. The molecule has 5 rings (SSSR count). The number of hydrogen-bond acceptors (Lipinski definition) is 6. The molecule has 0 saturated carbocycles. The normalized spacial score (nSPS) is 23.0. The van der Waals surface area contributed by atoms with Crippen molar-refractivity contribution in [3.05, 3.63) is 30.5 Å². The molecule has 0 aliphatic carbocycles. The van der Waals surface area contributed by atoms with E-state index in [9.17, 15) is 0 Å². The summed E-state index contributed by atoms with van der Waals surface area (Å²) >= 11 is 0. The maximum absolute atomic E-state index is 5.96. The van der Waals surface area contributed by atoms with E-state index in [2.05, 4.69) is 31.1 Å². The van der Waals surface area contributed by atoms with Gasteiger partial charge in [-0.15, -0.1) is 0 Å². The van der Waals surface area contributed by atoms with E-state index in [1.165, 1.54) is 0 Å². The molecule has 3 N–H and O–H groups in total. The Morgan fingerprint density at radius 2 is 2.22 bits per heavy atom. The molecule has 3 aromatic rings. The van der Waals surface area contributed by atoms with E-state index in [-0.39, 0.29) is 0 Å². The van der Waals surface area contributed by atoms with Crippen molar-refractivity contribution < 1.29 is 4.74 Å². The molecule has 23 heavy (non-hydrogen) atoms. The molecule has 2 fully saturated rings. The van der Waals surface area contributed by atoms with Gasteiger partial charge in [0.05, 0.1) is 30.0 Å². The summed E-state index contributed by atoms with van der Waals surface area (Å²) in [4.78, 5) is 11.2. The van der Waals surface area contributed by atoms with Crippen LogP contribution in [0, 0.1) is 0 Å². The highest BCUT2D eigenvalue weighted by atomic mass is 16.5. The Morgan fingerprint density at radius 3 is 2.96 bits per heavy atom. The minimum absolute atomic E-state index is 0.301. The van der Waals surface area contributed by atoms with Gasteiger partial charge in [-0.3, -0.25) is 5.10 Å². The van der Waals surface area contributed by atoms with Gasteiger partial charge in [0.15, 0.2) is 0 Å². The van der Waals surface area contributed by atoms with Crippen molar-refractivity contribution in [3.8, 4) is 11.3 Å². The Labute approximate surface area is 132 Å². The second-order valence-corrected chi connectivity index (χ2v) is 6.09. The van der Waals surface area contributed by atoms with Gasteiger partial charge in [-0.25, -0.2) is 4.98 Å². The largest absolute Gasteiger partial charge is 0.374 e.